The number of primary amides is 1. The molecule has 1 rings (SSSR count). The molecule has 1 heterocycles. The van der Waals surface area contributed by atoms with Crippen LogP contribution < -0.4 is 16.8 Å². The standard InChI is InChI=1S/C11H18N4O2/c1-11(2,13)6-14-10(17)8-4-7(9(12)16)5-15(8)3/h4-5H,6,13H2,1-3H3,(H2,12,16)(H,14,17). The first-order valence-electron chi connectivity index (χ1n) is 5.24. The lowest BCUT2D eigenvalue weighted by molar-refractivity contribution is 0.0937. The molecular weight excluding hydrogens is 220 g/mol. The summed E-state index contributed by atoms with van der Waals surface area (Å²) in [7, 11) is 1.68. The molecule has 6 nitrogen and oxygen atoms in total. The third-order valence-electron chi connectivity index (χ3n) is 2.23. The Morgan fingerprint density at radius 3 is 2.47 bits per heavy atom. The first-order chi connectivity index (χ1) is 7.70. The van der Waals surface area contributed by atoms with Crippen LogP contribution in [0.15, 0.2) is 12.3 Å². The van der Waals surface area contributed by atoms with Gasteiger partial charge in [0.2, 0.25) is 5.91 Å². The van der Waals surface area contributed by atoms with Gasteiger partial charge in [0.25, 0.3) is 5.91 Å². The van der Waals surface area contributed by atoms with Crippen LogP contribution in [0.5, 0.6) is 0 Å². The molecule has 0 aliphatic rings. The zero-order chi connectivity index (χ0) is 13.2. The van der Waals surface area contributed by atoms with Crippen molar-refractivity contribution in [1.29, 1.82) is 0 Å². The average molecular weight is 238 g/mol. The van der Waals surface area contributed by atoms with Crippen LogP contribution in [0.4, 0.5) is 0 Å². The average Bonchev–Trinajstić information content (AvgIpc) is 2.56. The van der Waals surface area contributed by atoms with Gasteiger partial charge in [0.1, 0.15) is 5.69 Å². The fraction of sp³-hybridized carbons (Fsp3) is 0.455. The number of aromatic nitrogens is 1. The van der Waals surface area contributed by atoms with E-state index in [-0.39, 0.29) is 5.91 Å². The minimum Gasteiger partial charge on any atom is -0.366 e. The van der Waals surface area contributed by atoms with Crippen LogP contribution in [0, 0.1) is 0 Å². The molecule has 0 aliphatic heterocycles. The van der Waals surface area contributed by atoms with Crippen molar-refractivity contribution in [1.82, 2.24) is 9.88 Å². The van der Waals surface area contributed by atoms with E-state index in [0.29, 0.717) is 17.8 Å². The topological polar surface area (TPSA) is 103 Å². The van der Waals surface area contributed by atoms with E-state index in [0.717, 1.165) is 0 Å². The van der Waals surface area contributed by atoms with Crippen molar-refractivity contribution < 1.29 is 9.59 Å². The Bertz CT molecular complexity index is 443. The van der Waals surface area contributed by atoms with Crippen LogP contribution in [-0.4, -0.2) is 28.5 Å². The van der Waals surface area contributed by atoms with Crippen molar-refractivity contribution in [3.8, 4) is 0 Å². The molecular formula is C11H18N4O2. The van der Waals surface area contributed by atoms with Crippen LogP contribution in [0.2, 0.25) is 0 Å². The van der Waals surface area contributed by atoms with Gasteiger partial charge in [0.15, 0.2) is 0 Å². The summed E-state index contributed by atoms with van der Waals surface area (Å²) in [6, 6.07) is 1.46. The van der Waals surface area contributed by atoms with Gasteiger partial charge in [-0.2, -0.15) is 0 Å². The summed E-state index contributed by atoms with van der Waals surface area (Å²) in [5.74, 6) is -0.836. The number of hydrogen-bond acceptors (Lipinski definition) is 3. The molecule has 5 N–H and O–H groups in total. The SMILES string of the molecule is Cn1cc(C(N)=O)cc1C(=O)NCC(C)(C)N. The zero-order valence-corrected chi connectivity index (χ0v) is 10.3. The van der Waals surface area contributed by atoms with Crippen LogP contribution in [-0.2, 0) is 7.05 Å². The Morgan fingerprint density at radius 2 is 2.06 bits per heavy atom. The Kier molecular flexibility index (Phi) is 3.57. The summed E-state index contributed by atoms with van der Waals surface area (Å²) in [6.45, 7) is 3.98. The van der Waals surface area contributed by atoms with E-state index in [2.05, 4.69) is 5.32 Å². The predicted octanol–water partition coefficient (Wildman–Crippen LogP) is -0.409. The molecule has 0 saturated heterocycles. The number of nitrogens with two attached hydrogens (primary N) is 2. The van der Waals surface area contributed by atoms with E-state index in [1.807, 2.05) is 13.8 Å². The lowest BCUT2D eigenvalue weighted by atomic mass is 10.1. The quantitative estimate of drug-likeness (QED) is 0.664. The molecule has 17 heavy (non-hydrogen) atoms. The Labute approximate surface area is 100.0 Å². The van der Waals surface area contributed by atoms with Crippen LogP contribution in [0.3, 0.4) is 0 Å². The van der Waals surface area contributed by atoms with Gasteiger partial charge in [-0.15, -0.1) is 0 Å². The summed E-state index contributed by atoms with van der Waals surface area (Å²) in [5, 5.41) is 2.70. The molecule has 94 valence electrons. The zero-order valence-electron chi connectivity index (χ0n) is 10.3. The molecule has 0 aromatic carbocycles. The van der Waals surface area contributed by atoms with Crippen LogP contribution in [0.25, 0.3) is 0 Å². The number of nitrogens with zero attached hydrogens (tertiary/aromatic N) is 1. The minimum atomic E-state index is -0.557. The third-order valence-corrected chi connectivity index (χ3v) is 2.23. The molecule has 0 aliphatic carbocycles. The van der Waals surface area contributed by atoms with Gasteiger partial charge in [-0.25, -0.2) is 0 Å². The van der Waals surface area contributed by atoms with E-state index in [4.69, 9.17) is 11.5 Å². The lowest BCUT2D eigenvalue weighted by Crippen LogP contribution is -2.45. The number of amides is 2. The van der Waals surface area contributed by atoms with Crippen molar-refractivity contribution >= 4 is 11.8 Å². The molecule has 1 aromatic heterocycles. The lowest BCUT2D eigenvalue weighted by Gasteiger charge is -2.18. The molecule has 0 bridgehead atoms. The number of carbonyl (C=O) groups is 2. The van der Waals surface area contributed by atoms with Gasteiger partial charge < -0.3 is 21.4 Å². The third kappa shape index (κ3) is 3.60. The molecule has 0 fully saturated rings. The first-order valence-corrected chi connectivity index (χ1v) is 5.24. The number of rotatable bonds is 4. The van der Waals surface area contributed by atoms with Crippen LogP contribution >= 0.6 is 0 Å². The molecule has 1 aromatic rings. The largest absolute Gasteiger partial charge is 0.366 e. The summed E-state index contributed by atoms with van der Waals surface area (Å²) in [4.78, 5) is 22.8. The number of aryl methyl sites for hydroxylation is 1. The molecule has 0 radical (unpaired) electrons. The summed E-state index contributed by atoms with van der Waals surface area (Å²) >= 11 is 0. The number of carbonyl (C=O) groups excluding carboxylic acids is 2. The van der Waals surface area contributed by atoms with Gasteiger partial charge in [-0.05, 0) is 19.9 Å². The normalized spacial score (nSPS) is 11.3. The second-order valence-electron chi connectivity index (χ2n) is 4.76. The van der Waals surface area contributed by atoms with E-state index in [1.54, 1.807) is 11.6 Å². The maximum Gasteiger partial charge on any atom is 0.267 e. The summed E-state index contributed by atoms with van der Waals surface area (Å²) in [5.41, 5.74) is 11.1. The maximum atomic E-state index is 11.8. The fourth-order valence-corrected chi connectivity index (χ4v) is 1.32. The molecule has 0 atom stereocenters. The molecule has 0 saturated carbocycles. The molecule has 2 amide bonds. The van der Waals surface area contributed by atoms with E-state index in [1.165, 1.54) is 12.3 Å². The van der Waals surface area contributed by atoms with Crippen LogP contribution in [0.1, 0.15) is 34.7 Å². The highest BCUT2D eigenvalue weighted by Crippen LogP contribution is 2.07. The summed E-state index contributed by atoms with van der Waals surface area (Å²) in [6.07, 6.45) is 1.52. The van der Waals surface area contributed by atoms with Crippen molar-refractivity contribution in [2.24, 2.45) is 18.5 Å². The van der Waals surface area contributed by atoms with Crippen molar-refractivity contribution in [2.45, 2.75) is 19.4 Å². The van der Waals surface area contributed by atoms with Crippen molar-refractivity contribution in [2.75, 3.05) is 6.54 Å². The second kappa shape index (κ2) is 4.58. The smallest absolute Gasteiger partial charge is 0.267 e. The Morgan fingerprint density at radius 1 is 1.47 bits per heavy atom. The monoisotopic (exact) mass is 238 g/mol. The molecule has 0 unspecified atom stereocenters. The maximum absolute atomic E-state index is 11.8. The van der Waals surface area contributed by atoms with Gasteiger partial charge in [-0.3, -0.25) is 9.59 Å². The first kappa shape index (κ1) is 13.2. The molecule has 0 spiro atoms. The van der Waals surface area contributed by atoms with Crippen molar-refractivity contribution in [3.63, 3.8) is 0 Å². The van der Waals surface area contributed by atoms with Gasteiger partial charge in [0.05, 0.1) is 5.56 Å². The Balaban J connectivity index is 2.79. The van der Waals surface area contributed by atoms with Gasteiger partial charge in [0, 0.05) is 25.3 Å². The van der Waals surface area contributed by atoms with Gasteiger partial charge in [-0.1, -0.05) is 0 Å². The molecule has 6 heteroatoms. The fourth-order valence-electron chi connectivity index (χ4n) is 1.32. The second-order valence-corrected chi connectivity index (χ2v) is 4.76. The summed E-state index contributed by atoms with van der Waals surface area (Å²) < 4.78 is 1.55. The Hall–Kier alpha value is -1.82. The van der Waals surface area contributed by atoms with E-state index >= 15 is 0 Å². The predicted molar refractivity (Wildman–Crippen MR) is 64.5 cm³/mol. The highest BCUT2D eigenvalue weighted by molar-refractivity contribution is 5.98. The van der Waals surface area contributed by atoms with Crippen molar-refractivity contribution in [3.05, 3.63) is 23.5 Å². The van der Waals surface area contributed by atoms with Gasteiger partial charge >= 0.3 is 0 Å². The minimum absolute atomic E-state index is 0.279. The number of hydrogen-bond donors (Lipinski definition) is 3. The van der Waals surface area contributed by atoms with E-state index in [9.17, 15) is 9.59 Å². The van der Waals surface area contributed by atoms with E-state index < -0.39 is 11.4 Å². The highest BCUT2D eigenvalue weighted by atomic mass is 16.2. The number of nitrogens with one attached hydrogen (secondary N) is 1. The highest BCUT2D eigenvalue weighted by Gasteiger charge is 2.17.